The molecule has 0 saturated heterocycles. The molecule has 0 saturated carbocycles. The van der Waals surface area contributed by atoms with Crippen molar-refractivity contribution in [3.63, 3.8) is 0 Å². The summed E-state index contributed by atoms with van der Waals surface area (Å²) in [6.45, 7) is 8.86. The molecule has 0 atom stereocenters. The zero-order valence-electron chi connectivity index (χ0n) is 8.82. The second-order valence-corrected chi connectivity index (χ2v) is 5.70. The summed E-state index contributed by atoms with van der Waals surface area (Å²) in [5.74, 6) is 0.598. The molecule has 1 aromatic carbocycles. The standard InChI is InChI=1S/C11H17ClSi/c1-7(2)11-9(4)8(3)5-6-10(11)13-12/h5-7H,13H2,1-4H3. The van der Waals surface area contributed by atoms with Gasteiger partial charge in [0.25, 0.3) is 0 Å². The van der Waals surface area contributed by atoms with Gasteiger partial charge in [0.05, 0.1) is 0 Å². The van der Waals surface area contributed by atoms with E-state index in [4.69, 9.17) is 11.1 Å². The minimum Gasteiger partial charge on any atom is -0.170 e. The number of rotatable bonds is 2. The van der Waals surface area contributed by atoms with E-state index >= 15 is 0 Å². The normalized spacial score (nSPS) is 11.8. The number of halogens is 1. The van der Waals surface area contributed by atoms with Crippen molar-refractivity contribution < 1.29 is 0 Å². The van der Waals surface area contributed by atoms with E-state index in [0.717, 1.165) is 0 Å². The highest BCUT2D eigenvalue weighted by Crippen LogP contribution is 2.19. The van der Waals surface area contributed by atoms with Crippen molar-refractivity contribution in [3.8, 4) is 0 Å². The topological polar surface area (TPSA) is 0 Å². The smallest absolute Gasteiger partial charge is 0.156 e. The Balaban J connectivity index is 3.32. The summed E-state index contributed by atoms with van der Waals surface area (Å²) in [7, 11) is -0.546. The van der Waals surface area contributed by atoms with Crippen molar-refractivity contribution in [3.05, 3.63) is 28.8 Å². The van der Waals surface area contributed by atoms with Gasteiger partial charge in [0.15, 0.2) is 8.83 Å². The van der Waals surface area contributed by atoms with Crippen LogP contribution in [0.3, 0.4) is 0 Å². The number of benzene rings is 1. The molecule has 0 fully saturated rings. The lowest BCUT2D eigenvalue weighted by Crippen LogP contribution is -2.18. The maximum absolute atomic E-state index is 6.04. The Bertz CT molecular complexity index is 305. The highest BCUT2D eigenvalue weighted by atomic mass is 35.6. The van der Waals surface area contributed by atoms with Gasteiger partial charge in [-0.3, -0.25) is 0 Å². The number of aryl methyl sites for hydroxylation is 1. The van der Waals surface area contributed by atoms with Crippen LogP contribution in [0.4, 0.5) is 0 Å². The first-order chi connectivity index (χ1) is 6.07. The van der Waals surface area contributed by atoms with Gasteiger partial charge in [-0.25, -0.2) is 0 Å². The first-order valence-corrected chi connectivity index (χ1v) is 7.57. The van der Waals surface area contributed by atoms with Crippen LogP contribution in [-0.2, 0) is 0 Å². The first-order valence-electron chi connectivity index (χ1n) is 4.72. The summed E-state index contributed by atoms with van der Waals surface area (Å²) in [6.07, 6.45) is 0. The van der Waals surface area contributed by atoms with Crippen molar-refractivity contribution in [2.75, 3.05) is 0 Å². The molecule has 0 aromatic heterocycles. The lowest BCUT2D eigenvalue weighted by molar-refractivity contribution is 0.861. The third kappa shape index (κ3) is 2.15. The van der Waals surface area contributed by atoms with Gasteiger partial charge in [0, 0.05) is 0 Å². The second-order valence-electron chi connectivity index (χ2n) is 3.87. The lowest BCUT2D eigenvalue weighted by atomic mass is 9.95. The van der Waals surface area contributed by atoms with E-state index in [1.807, 2.05) is 0 Å². The molecule has 0 unspecified atom stereocenters. The van der Waals surface area contributed by atoms with Crippen LogP contribution < -0.4 is 5.19 Å². The quantitative estimate of drug-likeness (QED) is 0.522. The Morgan fingerprint density at radius 1 is 1.23 bits per heavy atom. The van der Waals surface area contributed by atoms with E-state index in [0.29, 0.717) is 5.92 Å². The molecule has 0 aliphatic heterocycles. The summed E-state index contributed by atoms with van der Waals surface area (Å²) in [4.78, 5) is 0. The third-order valence-corrected chi connectivity index (χ3v) is 4.37. The summed E-state index contributed by atoms with van der Waals surface area (Å²) in [5, 5.41) is 1.42. The van der Waals surface area contributed by atoms with E-state index in [1.165, 1.54) is 21.9 Å². The molecule has 0 radical (unpaired) electrons. The van der Waals surface area contributed by atoms with Crippen LogP contribution in [0, 0.1) is 13.8 Å². The Kier molecular flexibility index (Phi) is 3.57. The number of hydrogen-bond acceptors (Lipinski definition) is 0. The van der Waals surface area contributed by atoms with Crippen LogP contribution in [0.2, 0.25) is 0 Å². The van der Waals surface area contributed by atoms with Crippen molar-refractivity contribution in [1.82, 2.24) is 0 Å². The Morgan fingerprint density at radius 2 is 1.85 bits per heavy atom. The minimum absolute atomic E-state index is 0.546. The number of hydrogen-bond donors (Lipinski definition) is 0. The van der Waals surface area contributed by atoms with Gasteiger partial charge < -0.3 is 0 Å². The lowest BCUT2D eigenvalue weighted by Gasteiger charge is -2.16. The SMILES string of the molecule is Cc1ccc([SiH2]Cl)c(C(C)C)c1C. The maximum atomic E-state index is 6.04. The zero-order valence-corrected chi connectivity index (χ0v) is 11.0. The van der Waals surface area contributed by atoms with E-state index in [1.54, 1.807) is 0 Å². The van der Waals surface area contributed by atoms with Crippen molar-refractivity contribution in [1.29, 1.82) is 0 Å². The van der Waals surface area contributed by atoms with Crippen molar-refractivity contribution >= 4 is 25.1 Å². The predicted molar refractivity (Wildman–Crippen MR) is 64.0 cm³/mol. The van der Waals surface area contributed by atoms with E-state index in [9.17, 15) is 0 Å². The summed E-state index contributed by atoms with van der Waals surface area (Å²) >= 11 is 6.04. The molecule has 0 amide bonds. The molecule has 0 spiro atoms. The minimum atomic E-state index is -0.546. The second kappa shape index (κ2) is 4.29. The fraction of sp³-hybridized carbons (Fsp3) is 0.455. The Hall–Kier alpha value is -0.273. The molecule has 0 aliphatic rings. The summed E-state index contributed by atoms with van der Waals surface area (Å²) < 4.78 is 0. The molecule has 72 valence electrons. The van der Waals surface area contributed by atoms with Gasteiger partial charge in [0.2, 0.25) is 0 Å². The van der Waals surface area contributed by atoms with Crippen LogP contribution in [0.25, 0.3) is 0 Å². The largest absolute Gasteiger partial charge is 0.170 e. The molecule has 0 nitrogen and oxygen atoms in total. The highest BCUT2D eigenvalue weighted by molar-refractivity contribution is 7.01. The van der Waals surface area contributed by atoms with Crippen molar-refractivity contribution in [2.45, 2.75) is 33.6 Å². The fourth-order valence-corrected chi connectivity index (χ4v) is 3.54. The molecule has 0 N–H and O–H groups in total. The maximum Gasteiger partial charge on any atom is 0.156 e. The van der Waals surface area contributed by atoms with Gasteiger partial charge in [-0.2, -0.15) is 11.1 Å². The molecule has 1 rings (SSSR count). The van der Waals surface area contributed by atoms with Crippen LogP contribution in [0.15, 0.2) is 12.1 Å². The van der Waals surface area contributed by atoms with E-state index < -0.39 is 8.83 Å². The summed E-state index contributed by atoms with van der Waals surface area (Å²) in [6, 6.07) is 4.39. The van der Waals surface area contributed by atoms with Crippen LogP contribution in [-0.4, -0.2) is 8.83 Å². The van der Waals surface area contributed by atoms with Gasteiger partial charge in [-0.1, -0.05) is 26.0 Å². The average molecular weight is 213 g/mol. The fourth-order valence-electron chi connectivity index (χ4n) is 1.81. The van der Waals surface area contributed by atoms with E-state index in [2.05, 4.69) is 39.8 Å². The van der Waals surface area contributed by atoms with Crippen LogP contribution in [0.1, 0.15) is 36.5 Å². The zero-order chi connectivity index (χ0) is 10.0. The van der Waals surface area contributed by atoms with Gasteiger partial charge in [0.1, 0.15) is 0 Å². The van der Waals surface area contributed by atoms with Crippen LogP contribution >= 0.6 is 11.1 Å². The Morgan fingerprint density at radius 3 is 2.31 bits per heavy atom. The van der Waals surface area contributed by atoms with Crippen LogP contribution in [0.5, 0.6) is 0 Å². The monoisotopic (exact) mass is 212 g/mol. The molecule has 2 heteroatoms. The highest BCUT2D eigenvalue weighted by Gasteiger charge is 2.10. The van der Waals surface area contributed by atoms with Gasteiger partial charge in [-0.15, -0.1) is 0 Å². The molecular weight excluding hydrogens is 196 g/mol. The molecule has 0 aliphatic carbocycles. The molecule has 0 bridgehead atoms. The third-order valence-electron chi connectivity index (χ3n) is 2.60. The van der Waals surface area contributed by atoms with Gasteiger partial charge in [-0.05, 0) is 41.6 Å². The van der Waals surface area contributed by atoms with Gasteiger partial charge >= 0.3 is 0 Å². The average Bonchev–Trinajstić information content (AvgIpc) is 2.08. The Labute approximate surface area is 87.8 Å². The predicted octanol–water partition coefficient (Wildman–Crippen LogP) is 2.37. The first kappa shape index (κ1) is 10.8. The molecular formula is C11H17ClSi. The van der Waals surface area contributed by atoms with E-state index in [-0.39, 0.29) is 0 Å². The van der Waals surface area contributed by atoms with Crippen molar-refractivity contribution in [2.24, 2.45) is 0 Å². The molecule has 1 aromatic rings. The molecule has 0 heterocycles. The molecule has 13 heavy (non-hydrogen) atoms. The summed E-state index contributed by atoms with van der Waals surface area (Å²) in [5.41, 5.74) is 4.30.